The zero-order valence-electron chi connectivity index (χ0n) is 24.5. The van der Waals surface area contributed by atoms with Crippen LogP contribution in [0.5, 0.6) is 0 Å². The normalized spacial score (nSPS) is 12.0. The van der Waals surface area contributed by atoms with Crippen molar-refractivity contribution in [2.75, 3.05) is 0 Å². The van der Waals surface area contributed by atoms with Crippen LogP contribution in [0.25, 0.3) is 93.5 Å². The molecule has 1 nitrogen and oxygen atoms in total. The highest BCUT2D eigenvalue weighted by Crippen LogP contribution is 2.48. The molecule has 208 valence electrons. The molecule has 0 unspecified atom stereocenters. The molecule has 0 saturated carbocycles. The first kappa shape index (κ1) is 24.5. The summed E-state index contributed by atoms with van der Waals surface area (Å²) in [5.41, 5.74) is 13.9. The highest BCUT2D eigenvalue weighted by Gasteiger charge is 2.21. The summed E-state index contributed by atoms with van der Waals surface area (Å²) in [6.45, 7) is 0. The van der Waals surface area contributed by atoms with Gasteiger partial charge in [0.1, 0.15) is 0 Å². The van der Waals surface area contributed by atoms with Crippen molar-refractivity contribution in [3.63, 3.8) is 0 Å². The van der Waals surface area contributed by atoms with Crippen molar-refractivity contribution in [2.24, 2.45) is 0 Å². The summed E-state index contributed by atoms with van der Waals surface area (Å²) >= 11 is 0. The molecular formula is C44H27N. The summed E-state index contributed by atoms with van der Waals surface area (Å²) in [5.74, 6) is 0. The van der Waals surface area contributed by atoms with Crippen LogP contribution < -0.4 is 0 Å². The quantitative estimate of drug-likeness (QED) is 0.199. The minimum Gasteiger partial charge on any atom is -0.309 e. The maximum absolute atomic E-state index is 2.39. The lowest BCUT2D eigenvalue weighted by atomic mass is 9.93. The Labute approximate surface area is 261 Å². The molecule has 1 heteroatoms. The van der Waals surface area contributed by atoms with E-state index in [2.05, 4.69) is 168 Å². The molecule has 0 saturated heterocycles. The number of hydrogen-bond acceptors (Lipinski definition) is 0. The van der Waals surface area contributed by atoms with E-state index < -0.39 is 0 Å². The average molecular weight is 570 g/mol. The van der Waals surface area contributed by atoms with Crippen molar-refractivity contribution >= 4 is 43.4 Å². The van der Waals surface area contributed by atoms with Gasteiger partial charge in [-0.3, -0.25) is 0 Å². The van der Waals surface area contributed by atoms with E-state index in [1.807, 2.05) is 0 Å². The predicted octanol–water partition coefficient (Wildman–Crippen LogP) is 12.1. The molecule has 0 atom stereocenters. The number of nitrogens with zero attached hydrogens (tertiary/aromatic N) is 1. The smallest absolute Gasteiger partial charge is 0.0547 e. The zero-order chi connectivity index (χ0) is 29.5. The van der Waals surface area contributed by atoms with Gasteiger partial charge in [0.2, 0.25) is 0 Å². The molecule has 1 aliphatic rings. The van der Waals surface area contributed by atoms with Gasteiger partial charge in [-0.2, -0.15) is 0 Å². The van der Waals surface area contributed by atoms with Crippen LogP contribution in [-0.2, 0) is 0 Å². The molecule has 0 N–H and O–H groups in total. The Morgan fingerprint density at radius 3 is 1.89 bits per heavy atom. The largest absolute Gasteiger partial charge is 0.309 e. The molecule has 1 aliphatic carbocycles. The van der Waals surface area contributed by atoms with Crippen LogP contribution in [0.3, 0.4) is 0 Å². The van der Waals surface area contributed by atoms with Crippen molar-refractivity contribution in [2.45, 2.75) is 0 Å². The molecule has 9 aromatic rings. The van der Waals surface area contributed by atoms with E-state index in [0.29, 0.717) is 0 Å². The van der Waals surface area contributed by atoms with Gasteiger partial charge in [0.15, 0.2) is 0 Å². The van der Waals surface area contributed by atoms with Gasteiger partial charge >= 0.3 is 0 Å². The monoisotopic (exact) mass is 569 g/mol. The van der Waals surface area contributed by atoms with Crippen molar-refractivity contribution in [1.82, 2.24) is 4.57 Å². The van der Waals surface area contributed by atoms with E-state index in [4.69, 9.17) is 0 Å². The molecule has 8 aromatic carbocycles. The fourth-order valence-corrected chi connectivity index (χ4v) is 7.61. The van der Waals surface area contributed by atoms with Crippen molar-refractivity contribution < 1.29 is 0 Å². The van der Waals surface area contributed by atoms with Gasteiger partial charge in [0.05, 0.1) is 11.0 Å². The number of aromatic nitrogens is 1. The van der Waals surface area contributed by atoms with Gasteiger partial charge < -0.3 is 4.57 Å². The van der Waals surface area contributed by atoms with Crippen LogP contribution in [0.15, 0.2) is 164 Å². The first-order valence-electron chi connectivity index (χ1n) is 15.6. The Balaban J connectivity index is 1.11. The Morgan fingerprint density at radius 1 is 0.311 bits per heavy atom. The summed E-state index contributed by atoms with van der Waals surface area (Å²) in [6, 6.07) is 60.3. The maximum atomic E-state index is 2.39. The van der Waals surface area contributed by atoms with Crippen molar-refractivity contribution in [1.29, 1.82) is 0 Å². The van der Waals surface area contributed by atoms with Crippen LogP contribution in [0.4, 0.5) is 0 Å². The predicted molar refractivity (Wildman–Crippen MR) is 191 cm³/mol. The Kier molecular flexibility index (Phi) is 5.06. The van der Waals surface area contributed by atoms with Crippen LogP contribution in [0, 0.1) is 0 Å². The molecule has 0 fully saturated rings. The first-order chi connectivity index (χ1) is 22.3. The third-order valence-corrected chi connectivity index (χ3v) is 9.66. The Morgan fingerprint density at radius 2 is 1.00 bits per heavy atom. The number of rotatable bonds is 3. The van der Waals surface area contributed by atoms with Gasteiger partial charge in [0.25, 0.3) is 0 Å². The number of benzene rings is 8. The van der Waals surface area contributed by atoms with Gasteiger partial charge in [-0.05, 0) is 121 Å². The van der Waals surface area contributed by atoms with Crippen LogP contribution in [0.2, 0.25) is 0 Å². The molecular weight excluding hydrogens is 542 g/mol. The Bertz CT molecular complexity index is 2640. The highest BCUT2D eigenvalue weighted by molar-refractivity contribution is 6.17. The van der Waals surface area contributed by atoms with Gasteiger partial charge in [-0.15, -0.1) is 0 Å². The van der Waals surface area contributed by atoms with Gasteiger partial charge in [-0.25, -0.2) is 0 Å². The van der Waals surface area contributed by atoms with E-state index in [9.17, 15) is 0 Å². The average Bonchev–Trinajstić information content (AvgIpc) is 3.61. The lowest BCUT2D eigenvalue weighted by molar-refractivity contribution is 1.18. The summed E-state index contributed by atoms with van der Waals surface area (Å²) in [4.78, 5) is 0. The van der Waals surface area contributed by atoms with Crippen LogP contribution >= 0.6 is 0 Å². The molecule has 0 aliphatic heterocycles. The zero-order valence-corrected chi connectivity index (χ0v) is 24.5. The van der Waals surface area contributed by atoms with Crippen molar-refractivity contribution in [3.8, 4) is 50.2 Å². The molecule has 0 amide bonds. The lowest BCUT2D eigenvalue weighted by Crippen LogP contribution is -1.92. The standard InChI is InChI=1S/C44H27N/c1-2-13-35(14-3-1)45-42-19-7-6-17-38(42)40-25-33-23-30(20-21-31(33)27-43(40)45)28-10-8-11-29(22-28)34-24-32-12-9-18-39-36-15-4-5-16-37(36)41(26-34)44(32)39/h1-27H. The molecule has 0 radical (unpaired) electrons. The van der Waals surface area contributed by atoms with E-state index >= 15 is 0 Å². The minimum atomic E-state index is 1.18. The van der Waals surface area contributed by atoms with Gasteiger partial charge in [0, 0.05) is 16.5 Å². The lowest BCUT2D eigenvalue weighted by Gasteiger charge is -2.11. The maximum Gasteiger partial charge on any atom is 0.0547 e. The second kappa shape index (κ2) is 9.29. The second-order valence-electron chi connectivity index (χ2n) is 12.2. The molecule has 0 spiro atoms. The fourth-order valence-electron chi connectivity index (χ4n) is 7.61. The molecule has 1 heterocycles. The summed E-state index contributed by atoms with van der Waals surface area (Å²) in [6.07, 6.45) is 0. The second-order valence-corrected chi connectivity index (χ2v) is 12.2. The van der Waals surface area contributed by atoms with E-state index in [1.54, 1.807) is 0 Å². The first-order valence-corrected chi connectivity index (χ1v) is 15.6. The number of para-hydroxylation sites is 2. The fraction of sp³-hybridized carbons (Fsp3) is 0. The van der Waals surface area contributed by atoms with E-state index in [0.717, 1.165) is 0 Å². The molecule has 0 bridgehead atoms. The van der Waals surface area contributed by atoms with Crippen LogP contribution in [-0.4, -0.2) is 4.57 Å². The summed E-state index contributed by atoms with van der Waals surface area (Å²) in [5, 5.41) is 7.72. The number of hydrogen-bond donors (Lipinski definition) is 0. The summed E-state index contributed by atoms with van der Waals surface area (Å²) in [7, 11) is 0. The third-order valence-electron chi connectivity index (χ3n) is 9.66. The molecule has 45 heavy (non-hydrogen) atoms. The Hall–Kier alpha value is -5.92. The van der Waals surface area contributed by atoms with Crippen LogP contribution in [0.1, 0.15) is 0 Å². The SMILES string of the molecule is c1ccc(-n2c3ccccc3c3cc4cc(-c5cccc(-c6cc7c8c(cccc8c6)-c6ccccc6-7)c5)ccc4cc32)cc1. The van der Waals surface area contributed by atoms with E-state index in [1.165, 1.54) is 93.5 Å². The number of fused-ring (bicyclic) bond motifs is 7. The highest BCUT2D eigenvalue weighted by atomic mass is 15.0. The van der Waals surface area contributed by atoms with Crippen molar-refractivity contribution in [3.05, 3.63) is 164 Å². The minimum absolute atomic E-state index is 1.18. The summed E-state index contributed by atoms with van der Waals surface area (Å²) < 4.78 is 2.39. The van der Waals surface area contributed by atoms with E-state index in [-0.39, 0.29) is 0 Å². The van der Waals surface area contributed by atoms with Gasteiger partial charge in [-0.1, -0.05) is 109 Å². The topological polar surface area (TPSA) is 4.93 Å². The molecule has 10 rings (SSSR count). The molecule has 1 aromatic heterocycles. The third kappa shape index (κ3) is 3.62.